The molecular formula is C20H17Cl2N5O6. The second kappa shape index (κ2) is 10.7. The minimum absolute atomic E-state index is 0.0501. The fraction of sp³-hybridized carbons (Fsp3) is 0.200. The van der Waals surface area contributed by atoms with Gasteiger partial charge in [-0.1, -0.05) is 40.5 Å². The Kier molecular flexibility index (Phi) is 7.80. The molecule has 0 aliphatic rings. The highest BCUT2D eigenvalue weighted by Crippen LogP contribution is 2.28. The molecule has 1 heterocycles. The first-order valence-electron chi connectivity index (χ1n) is 9.47. The number of ether oxygens (including phenoxy) is 1. The smallest absolute Gasteiger partial charge is 0.316 e. The van der Waals surface area contributed by atoms with Crippen molar-refractivity contribution < 1.29 is 23.8 Å². The van der Waals surface area contributed by atoms with E-state index in [1.807, 2.05) is 0 Å². The van der Waals surface area contributed by atoms with Crippen molar-refractivity contribution >= 4 is 40.7 Å². The van der Waals surface area contributed by atoms with Gasteiger partial charge in [-0.25, -0.2) is 0 Å². The summed E-state index contributed by atoms with van der Waals surface area (Å²) in [4.78, 5) is 38.6. The summed E-state index contributed by atoms with van der Waals surface area (Å²) in [7, 11) is 0. The van der Waals surface area contributed by atoms with E-state index in [1.54, 1.807) is 25.1 Å². The highest BCUT2D eigenvalue weighted by molar-refractivity contribution is 6.42. The van der Waals surface area contributed by atoms with Crippen molar-refractivity contribution in [1.82, 2.24) is 20.8 Å². The molecule has 2 amide bonds. The summed E-state index contributed by atoms with van der Waals surface area (Å²) in [6, 6.07) is 9.06. The van der Waals surface area contributed by atoms with Crippen LogP contribution in [0.5, 0.6) is 5.75 Å². The standard InChI is InChI=1S/C20H17Cl2N5O6/c1-11-13(3-2-4-16(11)27(30)31)18-25-20(33-26-18)19(29)24-8-7-23-17(28)10-32-12-5-6-14(21)15(22)9-12/h2-6,9H,7-8,10H2,1H3,(H,23,28)(H,24,29). The molecule has 0 spiro atoms. The molecule has 0 saturated heterocycles. The predicted molar refractivity (Wildman–Crippen MR) is 118 cm³/mol. The molecule has 13 heteroatoms. The van der Waals surface area contributed by atoms with Crippen LogP contribution in [-0.2, 0) is 4.79 Å². The van der Waals surface area contributed by atoms with Crippen LogP contribution in [0.25, 0.3) is 11.4 Å². The molecule has 11 nitrogen and oxygen atoms in total. The molecule has 2 aromatic carbocycles. The van der Waals surface area contributed by atoms with E-state index in [2.05, 4.69) is 20.8 Å². The number of hydrogen-bond acceptors (Lipinski definition) is 8. The maximum absolute atomic E-state index is 12.2. The summed E-state index contributed by atoms with van der Waals surface area (Å²) >= 11 is 11.7. The second-order valence-corrected chi connectivity index (χ2v) is 7.41. The van der Waals surface area contributed by atoms with E-state index in [-0.39, 0.29) is 37.1 Å². The van der Waals surface area contributed by atoms with Crippen LogP contribution >= 0.6 is 23.2 Å². The van der Waals surface area contributed by atoms with Gasteiger partial charge in [0.25, 0.3) is 11.6 Å². The second-order valence-electron chi connectivity index (χ2n) is 6.60. The van der Waals surface area contributed by atoms with Crippen LogP contribution in [0.3, 0.4) is 0 Å². The maximum Gasteiger partial charge on any atom is 0.316 e. The minimum Gasteiger partial charge on any atom is -0.484 e. The van der Waals surface area contributed by atoms with Crippen LogP contribution < -0.4 is 15.4 Å². The number of nitrogens with zero attached hydrogens (tertiary/aromatic N) is 3. The quantitative estimate of drug-likeness (QED) is 0.262. The first-order valence-corrected chi connectivity index (χ1v) is 10.2. The Morgan fingerprint density at radius 2 is 1.91 bits per heavy atom. The van der Waals surface area contributed by atoms with Crippen molar-refractivity contribution in [3.8, 4) is 17.1 Å². The normalized spacial score (nSPS) is 10.5. The average Bonchev–Trinajstić information content (AvgIpc) is 3.27. The van der Waals surface area contributed by atoms with Crippen molar-refractivity contribution in [1.29, 1.82) is 0 Å². The molecule has 0 fully saturated rings. The monoisotopic (exact) mass is 493 g/mol. The van der Waals surface area contributed by atoms with E-state index in [0.29, 0.717) is 26.9 Å². The van der Waals surface area contributed by atoms with Crippen LogP contribution in [0.2, 0.25) is 10.0 Å². The summed E-state index contributed by atoms with van der Waals surface area (Å²) in [5, 5.41) is 20.6. The Bertz CT molecular complexity index is 1200. The van der Waals surface area contributed by atoms with E-state index in [4.69, 9.17) is 32.5 Å². The number of rotatable bonds is 9. The fourth-order valence-electron chi connectivity index (χ4n) is 2.71. The number of halogens is 2. The van der Waals surface area contributed by atoms with Gasteiger partial charge < -0.3 is 19.9 Å². The molecule has 0 bridgehead atoms. The Hall–Kier alpha value is -3.70. The largest absolute Gasteiger partial charge is 0.484 e. The van der Waals surface area contributed by atoms with Gasteiger partial charge in [-0.2, -0.15) is 4.98 Å². The molecule has 0 radical (unpaired) electrons. The first-order chi connectivity index (χ1) is 15.8. The number of carbonyl (C=O) groups is 2. The van der Waals surface area contributed by atoms with Crippen LogP contribution in [0.4, 0.5) is 5.69 Å². The zero-order valence-electron chi connectivity index (χ0n) is 17.1. The van der Waals surface area contributed by atoms with Gasteiger partial charge in [-0.3, -0.25) is 19.7 Å². The van der Waals surface area contributed by atoms with Gasteiger partial charge in [-0.05, 0) is 19.1 Å². The molecule has 0 aliphatic carbocycles. The average molecular weight is 494 g/mol. The van der Waals surface area contributed by atoms with Gasteiger partial charge in [0.15, 0.2) is 6.61 Å². The Morgan fingerprint density at radius 1 is 1.15 bits per heavy atom. The molecule has 0 atom stereocenters. The Balaban J connectivity index is 1.46. The summed E-state index contributed by atoms with van der Waals surface area (Å²) in [6.45, 7) is 1.52. The van der Waals surface area contributed by atoms with Crippen molar-refractivity contribution in [2.75, 3.05) is 19.7 Å². The van der Waals surface area contributed by atoms with Crippen LogP contribution in [0, 0.1) is 17.0 Å². The van der Waals surface area contributed by atoms with Crippen molar-refractivity contribution in [3.05, 3.63) is 68.0 Å². The number of hydrogen-bond donors (Lipinski definition) is 2. The van der Waals surface area contributed by atoms with E-state index in [0.717, 1.165) is 0 Å². The minimum atomic E-state index is -0.655. The molecule has 0 unspecified atom stereocenters. The van der Waals surface area contributed by atoms with Crippen molar-refractivity contribution in [2.45, 2.75) is 6.92 Å². The lowest BCUT2D eigenvalue weighted by atomic mass is 10.1. The number of nitro benzene ring substituents is 1. The molecular weight excluding hydrogens is 477 g/mol. The maximum atomic E-state index is 12.2. The third-order valence-corrected chi connectivity index (χ3v) is 5.10. The lowest BCUT2D eigenvalue weighted by Crippen LogP contribution is -2.36. The summed E-state index contributed by atoms with van der Waals surface area (Å²) in [5.74, 6) is -0.937. The van der Waals surface area contributed by atoms with Crippen LogP contribution in [0.15, 0.2) is 40.9 Å². The highest BCUT2D eigenvalue weighted by Gasteiger charge is 2.20. The summed E-state index contributed by atoms with van der Waals surface area (Å²) in [5.41, 5.74) is 0.629. The SMILES string of the molecule is Cc1c(-c2noc(C(=O)NCCNC(=O)COc3ccc(Cl)c(Cl)c3)n2)cccc1[N+](=O)[O-]. The molecule has 1 aromatic heterocycles. The van der Waals surface area contributed by atoms with Gasteiger partial charge in [0, 0.05) is 36.3 Å². The summed E-state index contributed by atoms with van der Waals surface area (Å²) < 4.78 is 10.3. The van der Waals surface area contributed by atoms with E-state index in [9.17, 15) is 19.7 Å². The first kappa shape index (κ1) is 24.0. The van der Waals surface area contributed by atoms with Gasteiger partial charge in [0.2, 0.25) is 5.82 Å². The molecule has 172 valence electrons. The lowest BCUT2D eigenvalue weighted by molar-refractivity contribution is -0.385. The van der Waals surface area contributed by atoms with E-state index < -0.39 is 16.7 Å². The lowest BCUT2D eigenvalue weighted by Gasteiger charge is -2.08. The van der Waals surface area contributed by atoms with Gasteiger partial charge >= 0.3 is 11.8 Å². The Morgan fingerprint density at radius 3 is 2.64 bits per heavy atom. The van der Waals surface area contributed by atoms with Crippen molar-refractivity contribution in [3.63, 3.8) is 0 Å². The van der Waals surface area contributed by atoms with E-state index in [1.165, 1.54) is 18.2 Å². The number of carbonyl (C=O) groups excluding carboxylic acids is 2. The number of benzene rings is 2. The molecule has 0 saturated carbocycles. The van der Waals surface area contributed by atoms with Crippen LogP contribution in [-0.4, -0.2) is 46.6 Å². The number of amides is 2. The van der Waals surface area contributed by atoms with Crippen molar-refractivity contribution in [2.24, 2.45) is 0 Å². The molecule has 3 aromatic rings. The molecule has 0 aliphatic heterocycles. The van der Waals surface area contributed by atoms with Gasteiger partial charge in [-0.15, -0.1) is 0 Å². The number of nitro groups is 1. The predicted octanol–water partition coefficient (Wildman–Crippen LogP) is 3.19. The number of aromatic nitrogens is 2. The van der Waals surface area contributed by atoms with Gasteiger partial charge in [0.1, 0.15) is 5.75 Å². The highest BCUT2D eigenvalue weighted by atomic mass is 35.5. The molecule has 3 rings (SSSR count). The molecule has 33 heavy (non-hydrogen) atoms. The summed E-state index contributed by atoms with van der Waals surface area (Å²) in [6.07, 6.45) is 0. The fourth-order valence-corrected chi connectivity index (χ4v) is 3.00. The number of nitrogens with one attached hydrogen (secondary N) is 2. The Labute approximate surface area is 197 Å². The van der Waals surface area contributed by atoms with Gasteiger partial charge in [0.05, 0.1) is 15.0 Å². The van der Waals surface area contributed by atoms with E-state index >= 15 is 0 Å². The third kappa shape index (κ3) is 6.18. The topological polar surface area (TPSA) is 149 Å². The zero-order chi connectivity index (χ0) is 24.0. The third-order valence-electron chi connectivity index (χ3n) is 4.36. The molecule has 2 N–H and O–H groups in total. The van der Waals surface area contributed by atoms with Crippen LogP contribution in [0.1, 0.15) is 16.2 Å². The zero-order valence-corrected chi connectivity index (χ0v) is 18.6.